The average molecular weight is 246 g/mol. The average Bonchev–Trinajstić information content (AvgIpc) is 2.63. The molecule has 1 aliphatic heterocycles. The molecule has 0 amide bonds. The van der Waals surface area contributed by atoms with Gasteiger partial charge in [-0.05, 0) is 23.9 Å². The number of aliphatic hydroxyl groups excluding tert-OH is 1. The van der Waals surface area contributed by atoms with E-state index in [1.54, 1.807) is 4.90 Å². The van der Waals surface area contributed by atoms with Crippen molar-refractivity contribution in [3.8, 4) is 0 Å². The van der Waals surface area contributed by atoms with Crippen LogP contribution in [-0.4, -0.2) is 34.3 Å². The number of anilines is 1. The van der Waals surface area contributed by atoms with Crippen LogP contribution >= 0.6 is 11.6 Å². The first-order chi connectivity index (χ1) is 7.63. The molecule has 2 rings (SSSR count). The number of hydrogen-bond donors (Lipinski definition) is 1. The second-order valence-electron chi connectivity index (χ2n) is 4.02. The molecule has 1 fully saturated rings. The highest BCUT2D eigenvalue weighted by Crippen LogP contribution is 2.29. The predicted molar refractivity (Wildman–Crippen MR) is 59.0 cm³/mol. The molecule has 16 heavy (non-hydrogen) atoms. The van der Waals surface area contributed by atoms with E-state index in [0.717, 1.165) is 12.6 Å². The zero-order valence-electron chi connectivity index (χ0n) is 8.90. The molecule has 2 atom stereocenters. The van der Waals surface area contributed by atoms with Gasteiger partial charge in [-0.25, -0.2) is 9.37 Å². The molecule has 4 nitrogen and oxygen atoms in total. The maximum Gasteiger partial charge on any atom is 0.224 e. The second-order valence-corrected chi connectivity index (χ2v) is 4.36. The maximum atomic E-state index is 13.6. The number of rotatable bonds is 2. The lowest BCUT2D eigenvalue weighted by Gasteiger charge is -2.26. The summed E-state index contributed by atoms with van der Waals surface area (Å²) in [4.78, 5) is 9.21. The lowest BCUT2D eigenvalue weighted by atomic mass is 10.0. The number of hydrogen-bond acceptors (Lipinski definition) is 4. The zero-order valence-corrected chi connectivity index (χ0v) is 9.65. The van der Waals surface area contributed by atoms with Gasteiger partial charge in [-0.2, -0.15) is 4.98 Å². The van der Waals surface area contributed by atoms with Gasteiger partial charge in [0.05, 0.1) is 18.8 Å². The van der Waals surface area contributed by atoms with Gasteiger partial charge in [0.25, 0.3) is 0 Å². The highest BCUT2D eigenvalue weighted by Gasteiger charge is 2.33. The Kier molecular flexibility index (Phi) is 3.25. The fraction of sp³-hybridized carbons (Fsp3) is 0.600. The second kappa shape index (κ2) is 4.51. The van der Waals surface area contributed by atoms with Crippen LogP contribution in [0.4, 0.5) is 10.2 Å². The van der Waals surface area contributed by atoms with Crippen LogP contribution < -0.4 is 4.90 Å². The fourth-order valence-corrected chi connectivity index (χ4v) is 2.22. The molecular weight excluding hydrogens is 233 g/mol. The lowest BCUT2D eigenvalue weighted by Crippen LogP contribution is -2.36. The Hall–Kier alpha value is -0.940. The van der Waals surface area contributed by atoms with Crippen molar-refractivity contribution < 1.29 is 9.50 Å². The quantitative estimate of drug-likeness (QED) is 0.802. The Morgan fingerprint density at radius 2 is 2.44 bits per heavy atom. The van der Waals surface area contributed by atoms with E-state index in [1.807, 2.05) is 6.92 Å². The molecule has 1 saturated heterocycles. The fourth-order valence-electron chi connectivity index (χ4n) is 2.09. The molecule has 0 aromatic carbocycles. The number of aromatic nitrogens is 2. The molecule has 2 unspecified atom stereocenters. The minimum absolute atomic E-state index is 0.0117. The molecule has 88 valence electrons. The maximum absolute atomic E-state index is 13.6. The first-order valence-electron chi connectivity index (χ1n) is 5.19. The number of halogens is 2. The van der Waals surface area contributed by atoms with Crippen LogP contribution in [0.15, 0.2) is 6.20 Å². The normalized spacial score (nSPS) is 25.1. The Morgan fingerprint density at radius 3 is 3.12 bits per heavy atom. The highest BCUT2D eigenvalue weighted by atomic mass is 35.5. The first kappa shape index (κ1) is 11.5. The SMILES string of the molecule is CC1CCN(c2nc(Cl)ncc2F)C1CO. The molecule has 0 aliphatic carbocycles. The summed E-state index contributed by atoms with van der Waals surface area (Å²) in [5.74, 6) is -0.00140. The van der Waals surface area contributed by atoms with Crippen LogP contribution in [0.2, 0.25) is 5.28 Å². The third-order valence-corrected chi connectivity index (χ3v) is 3.22. The van der Waals surface area contributed by atoms with Crippen molar-refractivity contribution in [2.45, 2.75) is 19.4 Å². The van der Waals surface area contributed by atoms with E-state index >= 15 is 0 Å². The largest absolute Gasteiger partial charge is 0.394 e. The summed E-state index contributed by atoms with van der Waals surface area (Å²) in [6.45, 7) is 2.69. The third-order valence-electron chi connectivity index (χ3n) is 3.04. The van der Waals surface area contributed by atoms with Gasteiger partial charge in [-0.3, -0.25) is 0 Å². The number of nitrogens with zero attached hydrogens (tertiary/aromatic N) is 3. The highest BCUT2D eigenvalue weighted by molar-refractivity contribution is 6.28. The summed E-state index contributed by atoms with van der Waals surface area (Å²) in [5.41, 5.74) is 0. The van der Waals surface area contributed by atoms with E-state index in [0.29, 0.717) is 12.5 Å². The smallest absolute Gasteiger partial charge is 0.224 e. The molecule has 1 N–H and O–H groups in total. The summed E-state index contributed by atoms with van der Waals surface area (Å²) in [5, 5.41) is 9.31. The van der Waals surface area contributed by atoms with Crippen molar-refractivity contribution in [2.75, 3.05) is 18.1 Å². The van der Waals surface area contributed by atoms with E-state index in [4.69, 9.17) is 11.6 Å². The van der Waals surface area contributed by atoms with Gasteiger partial charge >= 0.3 is 0 Å². The van der Waals surface area contributed by atoms with Crippen molar-refractivity contribution in [3.63, 3.8) is 0 Å². The van der Waals surface area contributed by atoms with Crippen molar-refractivity contribution in [3.05, 3.63) is 17.3 Å². The van der Waals surface area contributed by atoms with E-state index in [9.17, 15) is 9.50 Å². The van der Waals surface area contributed by atoms with E-state index in [1.165, 1.54) is 0 Å². The van der Waals surface area contributed by atoms with Gasteiger partial charge in [-0.1, -0.05) is 6.92 Å². The number of aliphatic hydroxyl groups is 1. The zero-order chi connectivity index (χ0) is 11.7. The van der Waals surface area contributed by atoms with Crippen molar-refractivity contribution >= 4 is 17.4 Å². The van der Waals surface area contributed by atoms with E-state index in [2.05, 4.69) is 9.97 Å². The predicted octanol–water partition coefficient (Wildman–Crippen LogP) is 1.48. The van der Waals surface area contributed by atoms with Crippen molar-refractivity contribution in [1.82, 2.24) is 9.97 Å². The van der Waals surface area contributed by atoms with Crippen LogP contribution in [0.3, 0.4) is 0 Å². The van der Waals surface area contributed by atoms with Crippen LogP contribution in [0.25, 0.3) is 0 Å². The van der Waals surface area contributed by atoms with Gasteiger partial charge in [0.2, 0.25) is 5.28 Å². The van der Waals surface area contributed by atoms with E-state index < -0.39 is 5.82 Å². The summed E-state index contributed by atoms with van der Waals surface area (Å²) in [6.07, 6.45) is 1.97. The molecule has 0 bridgehead atoms. The van der Waals surface area contributed by atoms with Crippen molar-refractivity contribution in [1.29, 1.82) is 0 Å². The van der Waals surface area contributed by atoms with Crippen LogP contribution in [0, 0.1) is 11.7 Å². The Balaban J connectivity index is 2.33. The summed E-state index contributed by atoms with van der Waals surface area (Å²) < 4.78 is 13.6. The Morgan fingerprint density at radius 1 is 1.69 bits per heavy atom. The Bertz CT molecular complexity index is 390. The summed E-state index contributed by atoms with van der Waals surface area (Å²) >= 11 is 5.64. The van der Waals surface area contributed by atoms with Crippen molar-refractivity contribution in [2.24, 2.45) is 5.92 Å². The molecule has 0 spiro atoms. The van der Waals surface area contributed by atoms with Crippen LogP contribution in [-0.2, 0) is 0 Å². The molecule has 1 aliphatic rings. The molecule has 2 heterocycles. The van der Waals surface area contributed by atoms with Gasteiger partial charge in [0.15, 0.2) is 11.6 Å². The van der Waals surface area contributed by atoms with Gasteiger partial charge in [-0.15, -0.1) is 0 Å². The monoisotopic (exact) mass is 245 g/mol. The first-order valence-corrected chi connectivity index (χ1v) is 5.57. The molecule has 1 aromatic rings. The minimum atomic E-state index is -0.503. The molecule has 0 saturated carbocycles. The third kappa shape index (κ3) is 1.97. The van der Waals surface area contributed by atoms with Gasteiger partial charge < -0.3 is 10.0 Å². The molecule has 0 radical (unpaired) electrons. The lowest BCUT2D eigenvalue weighted by molar-refractivity contribution is 0.244. The van der Waals surface area contributed by atoms with Gasteiger partial charge in [0.1, 0.15) is 0 Å². The van der Waals surface area contributed by atoms with E-state index in [-0.39, 0.29) is 23.8 Å². The molecule has 1 aromatic heterocycles. The summed E-state index contributed by atoms with van der Waals surface area (Å²) in [6, 6.07) is -0.0968. The van der Waals surface area contributed by atoms with Crippen LogP contribution in [0.5, 0.6) is 0 Å². The van der Waals surface area contributed by atoms with Crippen LogP contribution in [0.1, 0.15) is 13.3 Å². The Labute approximate surface area is 98.1 Å². The minimum Gasteiger partial charge on any atom is -0.394 e. The standard InChI is InChI=1S/C10H13ClFN3O/c1-6-2-3-15(8(6)5-16)9-7(12)4-13-10(11)14-9/h4,6,8,16H,2-3,5H2,1H3. The summed E-state index contributed by atoms with van der Waals surface area (Å²) in [7, 11) is 0. The molecule has 6 heteroatoms. The van der Waals surface area contributed by atoms with Gasteiger partial charge in [0, 0.05) is 6.54 Å². The molecular formula is C10H13ClFN3O. The topological polar surface area (TPSA) is 49.2 Å².